The van der Waals surface area contributed by atoms with Gasteiger partial charge in [0.2, 0.25) is 0 Å². The molecule has 0 aliphatic carbocycles. The van der Waals surface area contributed by atoms with Crippen LogP contribution in [0.2, 0.25) is 0 Å². The minimum absolute atomic E-state index is 0.219. The molecule has 0 unspecified atom stereocenters. The SMILES string of the molecule is Cc1ccc(NCc2cc(F)ccc2F)c2cccnc12. The molecular weight excluding hydrogens is 270 g/mol. The average molecular weight is 284 g/mol. The topological polar surface area (TPSA) is 24.9 Å². The van der Waals surface area contributed by atoms with Crippen molar-refractivity contribution in [3.05, 3.63) is 71.4 Å². The molecule has 1 N–H and O–H groups in total. The molecule has 4 heteroatoms. The van der Waals surface area contributed by atoms with Gasteiger partial charge in [0.05, 0.1) is 5.52 Å². The highest BCUT2D eigenvalue weighted by molar-refractivity contribution is 5.93. The van der Waals surface area contributed by atoms with Crippen LogP contribution < -0.4 is 5.32 Å². The summed E-state index contributed by atoms with van der Waals surface area (Å²) in [6.07, 6.45) is 1.74. The number of aromatic nitrogens is 1. The number of nitrogens with one attached hydrogen (secondary N) is 1. The molecule has 0 radical (unpaired) electrons. The first kappa shape index (κ1) is 13.5. The Morgan fingerprint density at radius 3 is 2.81 bits per heavy atom. The summed E-state index contributed by atoms with van der Waals surface area (Å²) < 4.78 is 26.8. The molecule has 0 bridgehead atoms. The van der Waals surface area contributed by atoms with Crippen molar-refractivity contribution < 1.29 is 8.78 Å². The average Bonchev–Trinajstić information content (AvgIpc) is 2.50. The van der Waals surface area contributed by atoms with Crippen LogP contribution in [0.25, 0.3) is 10.9 Å². The Morgan fingerprint density at radius 2 is 1.95 bits per heavy atom. The zero-order chi connectivity index (χ0) is 14.8. The third-order valence-corrected chi connectivity index (χ3v) is 3.45. The van der Waals surface area contributed by atoms with Gasteiger partial charge < -0.3 is 5.32 Å². The minimum atomic E-state index is -0.441. The summed E-state index contributed by atoms with van der Waals surface area (Å²) in [7, 11) is 0. The van der Waals surface area contributed by atoms with E-state index in [4.69, 9.17) is 0 Å². The number of pyridine rings is 1. The van der Waals surface area contributed by atoms with Crippen molar-refractivity contribution in [3.8, 4) is 0 Å². The second-order valence-electron chi connectivity index (χ2n) is 4.92. The third-order valence-electron chi connectivity index (χ3n) is 3.45. The fraction of sp³-hybridized carbons (Fsp3) is 0.118. The van der Waals surface area contributed by atoms with E-state index in [-0.39, 0.29) is 6.54 Å². The van der Waals surface area contributed by atoms with E-state index in [1.165, 1.54) is 6.07 Å². The molecule has 0 aliphatic rings. The number of fused-ring (bicyclic) bond motifs is 1. The van der Waals surface area contributed by atoms with Crippen LogP contribution in [0.3, 0.4) is 0 Å². The first-order valence-corrected chi connectivity index (χ1v) is 6.67. The lowest BCUT2D eigenvalue weighted by atomic mass is 10.1. The lowest BCUT2D eigenvalue weighted by Crippen LogP contribution is -2.03. The maximum Gasteiger partial charge on any atom is 0.128 e. The van der Waals surface area contributed by atoms with Crippen LogP contribution >= 0.6 is 0 Å². The second kappa shape index (κ2) is 5.48. The van der Waals surface area contributed by atoms with Crippen LogP contribution in [0.1, 0.15) is 11.1 Å². The van der Waals surface area contributed by atoms with Gasteiger partial charge in [-0.1, -0.05) is 6.07 Å². The number of nitrogens with zero attached hydrogens (tertiary/aromatic N) is 1. The summed E-state index contributed by atoms with van der Waals surface area (Å²) >= 11 is 0. The smallest absolute Gasteiger partial charge is 0.128 e. The Morgan fingerprint density at radius 1 is 1.10 bits per heavy atom. The molecule has 3 aromatic rings. The van der Waals surface area contributed by atoms with Crippen molar-refractivity contribution in [2.24, 2.45) is 0 Å². The normalized spacial score (nSPS) is 10.8. The van der Waals surface area contributed by atoms with Crippen LogP contribution in [-0.2, 0) is 6.54 Å². The Hall–Kier alpha value is -2.49. The predicted molar refractivity (Wildman–Crippen MR) is 80.2 cm³/mol. The second-order valence-corrected chi connectivity index (χ2v) is 4.92. The molecule has 21 heavy (non-hydrogen) atoms. The van der Waals surface area contributed by atoms with Gasteiger partial charge in [-0.2, -0.15) is 0 Å². The van der Waals surface area contributed by atoms with Crippen LogP contribution in [0, 0.1) is 18.6 Å². The fourth-order valence-electron chi connectivity index (χ4n) is 2.34. The van der Waals surface area contributed by atoms with Crippen LogP contribution in [-0.4, -0.2) is 4.98 Å². The number of rotatable bonds is 3. The summed E-state index contributed by atoms with van der Waals surface area (Å²) in [5, 5.41) is 4.12. The van der Waals surface area contributed by atoms with Crippen molar-refractivity contribution in [2.75, 3.05) is 5.32 Å². The Balaban J connectivity index is 1.92. The molecule has 0 spiro atoms. The van der Waals surface area contributed by atoms with Gasteiger partial charge in [0.25, 0.3) is 0 Å². The lowest BCUT2D eigenvalue weighted by molar-refractivity contribution is 0.587. The lowest BCUT2D eigenvalue weighted by Gasteiger charge is -2.11. The molecule has 2 nitrogen and oxygen atoms in total. The van der Waals surface area contributed by atoms with E-state index in [1.807, 2.05) is 31.2 Å². The highest BCUT2D eigenvalue weighted by Gasteiger charge is 2.07. The molecule has 0 saturated carbocycles. The molecule has 1 aromatic heterocycles. The summed E-state index contributed by atoms with van der Waals surface area (Å²) in [4.78, 5) is 4.35. The van der Waals surface area contributed by atoms with Crippen molar-refractivity contribution in [1.82, 2.24) is 4.98 Å². The number of aryl methyl sites for hydroxylation is 1. The van der Waals surface area contributed by atoms with Crippen LogP contribution in [0.4, 0.5) is 14.5 Å². The zero-order valence-electron chi connectivity index (χ0n) is 11.5. The van der Waals surface area contributed by atoms with Gasteiger partial charge in [0.15, 0.2) is 0 Å². The van der Waals surface area contributed by atoms with Gasteiger partial charge in [-0.15, -0.1) is 0 Å². The number of benzene rings is 2. The van der Waals surface area contributed by atoms with E-state index in [9.17, 15) is 8.78 Å². The maximum atomic E-state index is 13.6. The van der Waals surface area contributed by atoms with Gasteiger partial charge in [-0.25, -0.2) is 8.78 Å². The maximum absolute atomic E-state index is 13.6. The monoisotopic (exact) mass is 284 g/mol. The summed E-state index contributed by atoms with van der Waals surface area (Å²) in [5.41, 5.74) is 3.13. The molecule has 2 aromatic carbocycles. The Bertz CT molecular complexity index is 800. The van der Waals surface area contributed by atoms with Crippen molar-refractivity contribution in [2.45, 2.75) is 13.5 Å². The number of halogens is 2. The van der Waals surface area contributed by atoms with Gasteiger partial charge in [-0.05, 0) is 48.9 Å². The van der Waals surface area contributed by atoms with E-state index in [0.29, 0.717) is 5.56 Å². The summed E-state index contributed by atoms with van der Waals surface area (Å²) in [6.45, 7) is 2.21. The summed E-state index contributed by atoms with van der Waals surface area (Å²) in [6, 6.07) is 11.2. The fourth-order valence-corrected chi connectivity index (χ4v) is 2.34. The van der Waals surface area contributed by atoms with Crippen molar-refractivity contribution in [1.29, 1.82) is 0 Å². The predicted octanol–water partition coefficient (Wildman–Crippen LogP) is 4.43. The van der Waals surface area contributed by atoms with Gasteiger partial charge in [-0.3, -0.25) is 4.98 Å². The standard InChI is InChI=1S/C17H14F2N2/c1-11-4-7-16(14-3-2-8-20-17(11)14)21-10-12-9-13(18)5-6-15(12)19/h2-9,21H,10H2,1H3. The quantitative estimate of drug-likeness (QED) is 0.769. The Kier molecular flexibility index (Phi) is 3.52. The molecule has 0 saturated heterocycles. The molecule has 0 amide bonds. The van der Waals surface area contributed by atoms with Gasteiger partial charge >= 0.3 is 0 Å². The molecular formula is C17H14F2N2. The van der Waals surface area contributed by atoms with E-state index in [1.54, 1.807) is 6.20 Å². The molecule has 0 atom stereocenters. The largest absolute Gasteiger partial charge is 0.380 e. The highest BCUT2D eigenvalue weighted by atomic mass is 19.1. The van der Waals surface area contributed by atoms with Gasteiger partial charge in [0.1, 0.15) is 11.6 Å². The van der Waals surface area contributed by atoms with Gasteiger partial charge in [0, 0.05) is 29.4 Å². The first-order chi connectivity index (χ1) is 10.1. The van der Waals surface area contributed by atoms with E-state index >= 15 is 0 Å². The van der Waals surface area contributed by atoms with Crippen LogP contribution in [0.15, 0.2) is 48.7 Å². The molecule has 0 aliphatic heterocycles. The van der Waals surface area contributed by atoms with Crippen LogP contribution in [0.5, 0.6) is 0 Å². The third kappa shape index (κ3) is 2.70. The van der Waals surface area contributed by atoms with E-state index in [2.05, 4.69) is 10.3 Å². The first-order valence-electron chi connectivity index (χ1n) is 6.67. The molecule has 3 rings (SSSR count). The number of anilines is 1. The van der Waals surface area contributed by atoms with E-state index in [0.717, 1.165) is 34.3 Å². The molecule has 0 fully saturated rings. The number of hydrogen-bond acceptors (Lipinski definition) is 2. The minimum Gasteiger partial charge on any atom is -0.380 e. The molecule has 106 valence electrons. The zero-order valence-corrected chi connectivity index (χ0v) is 11.5. The van der Waals surface area contributed by atoms with Crippen molar-refractivity contribution in [3.63, 3.8) is 0 Å². The molecule has 1 heterocycles. The highest BCUT2D eigenvalue weighted by Crippen LogP contribution is 2.25. The Labute approximate surface area is 121 Å². The van der Waals surface area contributed by atoms with Crippen molar-refractivity contribution >= 4 is 16.6 Å². The summed E-state index contributed by atoms with van der Waals surface area (Å²) in [5.74, 6) is -0.859. The van der Waals surface area contributed by atoms with E-state index < -0.39 is 11.6 Å². The number of hydrogen-bond donors (Lipinski definition) is 1.